The first-order chi connectivity index (χ1) is 12.5. The third-order valence-corrected chi connectivity index (χ3v) is 6.16. The van der Waals surface area contributed by atoms with Crippen LogP contribution < -0.4 is 4.90 Å². The third kappa shape index (κ3) is 1.86. The van der Waals surface area contributed by atoms with E-state index in [4.69, 9.17) is 11.6 Å². The Morgan fingerprint density at radius 1 is 0.962 bits per heavy atom. The third-order valence-electron chi connectivity index (χ3n) is 5.85. The summed E-state index contributed by atoms with van der Waals surface area (Å²) in [6.07, 6.45) is 0.269. The second kappa shape index (κ2) is 5.24. The molecule has 2 aromatic carbocycles. The molecule has 1 saturated heterocycles. The van der Waals surface area contributed by atoms with E-state index in [1.807, 2.05) is 24.3 Å². The van der Waals surface area contributed by atoms with Crippen LogP contribution in [0.4, 0.5) is 10.1 Å². The highest BCUT2D eigenvalue weighted by atomic mass is 35.5. The number of fused-ring (bicyclic) bond motifs is 1. The monoisotopic (exact) mass is 369 g/mol. The number of hydrogen-bond donors (Lipinski definition) is 0. The van der Waals surface area contributed by atoms with Crippen LogP contribution in [0.1, 0.15) is 29.4 Å². The molecule has 4 nitrogen and oxygen atoms in total. The van der Waals surface area contributed by atoms with Gasteiger partial charge in [0.05, 0.1) is 28.5 Å². The minimum absolute atomic E-state index is 0.000219. The minimum atomic E-state index is -0.706. The van der Waals surface area contributed by atoms with Crippen molar-refractivity contribution in [1.82, 2.24) is 0 Å². The fourth-order valence-electron chi connectivity index (χ4n) is 4.84. The second-order valence-electron chi connectivity index (χ2n) is 7.05. The fourth-order valence-corrected chi connectivity index (χ4v) is 4.96. The highest BCUT2D eigenvalue weighted by molar-refractivity contribution is 6.31. The predicted molar refractivity (Wildman–Crippen MR) is 92.4 cm³/mol. The van der Waals surface area contributed by atoms with Crippen LogP contribution in [0.25, 0.3) is 0 Å². The van der Waals surface area contributed by atoms with E-state index < -0.39 is 29.5 Å². The second-order valence-corrected chi connectivity index (χ2v) is 7.45. The molecule has 2 aromatic rings. The van der Waals surface area contributed by atoms with E-state index >= 15 is 0 Å². The van der Waals surface area contributed by atoms with Crippen molar-refractivity contribution in [2.45, 2.75) is 18.3 Å². The summed E-state index contributed by atoms with van der Waals surface area (Å²) >= 11 is 5.71. The van der Waals surface area contributed by atoms with Gasteiger partial charge in [0.1, 0.15) is 11.6 Å². The molecule has 1 saturated carbocycles. The summed E-state index contributed by atoms with van der Waals surface area (Å²) < 4.78 is 13.9. The number of halogens is 2. The topological polar surface area (TPSA) is 54.5 Å². The molecule has 6 rings (SSSR count). The van der Waals surface area contributed by atoms with Crippen LogP contribution in [0.2, 0.25) is 5.02 Å². The normalized spacial score (nSPS) is 29.2. The van der Waals surface area contributed by atoms with Crippen molar-refractivity contribution in [2.75, 3.05) is 4.90 Å². The zero-order valence-electron chi connectivity index (χ0n) is 13.5. The maximum atomic E-state index is 13.9. The van der Waals surface area contributed by atoms with Gasteiger partial charge in [-0.25, -0.2) is 9.29 Å². The Labute approximate surface area is 153 Å². The van der Waals surface area contributed by atoms with Crippen molar-refractivity contribution in [3.8, 4) is 0 Å². The minimum Gasteiger partial charge on any atom is -0.299 e. The molecule has 0 aromatic heterocycles. The van der Waals surface area contributed by atoms with Crippen LogP contribution in [0.5, 0.6) is 0 Å². The van der Waals surface area contributed by atoms with Gasteiger partial charge in [-0.2, -0.15) is 0 Å². The number of anilines is 1. The van der Waals surface area contributed by atoms with Gasteiger partial charge in [-0.1, -0.05) is 35.9 Å². The first kappa shape index (κ1) is 15.7. The van der Waals surface area contributed by atoms with E-state index in [-0.39, 0.29) is 34.7 Å². The van der Waals surface area contributed by atoms with Crippen molar-refractivity contribution in [2.24, 2.45) is 11.8 Å². The van der Waals surface area contributed by atoms with E-state index in [1.54, 1.807) is 0 Å². The van der Waals surface area contributed by atoms with Gasteiger partial charge in [-0.3, -0.25) is 14.4 Å². The lowest BCUT2D eigenvalue weighted by molar-refractivity contribution is -0.134. The summed E-state index contributed by atoms with van der Waals surface area (Å²) in [6, 6.07) is 11.4. The van der Waals surface area contributed by atoms with Crippen LogP contribution >= 0.6 is 11.6 Å². The fraction of sp³-hybridized carbons (Fsp3) is 0.250. The van der Waals surface area contributed by atoms with Crippen molar-refractivity contribution in [1.29, 1.82) is 0 Å². The van der Waals surface area contributed by atoms with Gasteiger partial charge >= 0.3 is 0 Å². The number of amides is 2. The molecule has 0 spiro atoms. The van der Waals surface area contributed by atoms with Crippen LogP contribution in [0.15, 0.2) is 42.5 Å². The van der Waals surface area contributed by atoms with Crippen molar-refractivity contribution in [3.05, 3.63) is 64.4 Å². The molecule has 0 N–H and O–H groups in total. The van der Waals surface area contributed by atoms with Crippen LogP contribution in [0, 0.1) is 17.7 Å². The van der Waals surface area contributed by atoms with E-state index in [9.17, 15) is 18.8 Å². The molecule has 4 aliphatic rings. The largest absolute Gasteiger partial charge is 0.299 e. The van der Waals surface area contributed by atoms with Gasteiger partial charge in [0.15, 0.2) is 0 Å². The highest BCUT2D eigenvalue weighted by Crippen LogP contribution is 2.57. The number of hydrogen-bond acceptors (Lipinski definition) is 3. The van der Waals surface area contributed by atoms with Crippen molar-refractivity contribution < 1.29 is 18.8 Å². The Morgan fingerprint density at radius 3 is 2.38 bits per heavy atom. The number of carbonyl (C=O) groups excluding carboxylic acids is 3. The molecule has 3 aliphatic carbocycles. The highest BCUT2D eigenvalue weighted by Gasteiger charge is 2.62. The lowest BCUT2D eigenvalue weighted by Crippen LogP contribution is -2.44. The molecule has 26 heavy (non-hydrogen) atoms. The Bertz CT molecular complexity index is 1000. The maximum Gasteiger partial charge on any atom is 0.238 e. The van der Waals surface area contributed by atoms with E-state index in [2.05, 4.69) is 0 Å². The van der Waals surface area contributed by atoms with Crippen LogP contribution in [-0.4, -0.2) is 17.6 Å². The summed E-state index contributed by atoms with van der Waals surface area (Å²) in [4.78, 5) is 39.8. The molecule has 1 aliphatic heterocycles. The maximum absolute atomic E-state index is 13.9. The number of benzene rings is 2. The molecular formula is C20H13ClFNO3. The van der Waals surface area contributed by atoms with Crippen molar-refractivity contribution in [3.63, 3.8) is 0 Å². The van der Waals surface area contributed by atoms with Crippen LogP contribution in [-0.2, 0) is 14.4 Å². The average molecular weight is 370 g/mol. The Morgan fingerprint density at radius 2 is 1.65 bits per heavy atom. The first-order valence-electron chi connectivity index (χ1n) is 8.43. The summed E-state index contributed by atoms with van der Waals surface area (Å²) in [5.41, 5.74) is 1.98. The molecule has 4 atom stereocenters. The Balaban J connectivity index is 1.65. The smallest absolute Gasteiger partial charge is 0.238 e. The molecule has 2 amide bonds. The van der Waals surface area contributed by atoms with E-state index in [0.29, 0.717) is 0 Å². The number of imide groups is 1. The van der Waals surface area contributed by atoms with E-state index in [1.165, 1.54) is 12.1 Å². The summed E-state index contributed by atoms with van der Waals surface area (Å²) in [6.45, 7) is 0. The number of nitrogens with zero attached hydrogens (tertiary/aromatic N) is 1. The van der Waals surface area contributed by atoms with Gasteiger partial charge in [0.2, 0.25) is 11.8 Å². The number of rotatable bonds is 1. The molecule has 130 valence electrons. The first-order valence-corrected chi connectivity index (χ1v) is 8.81. The SMILES string of the molecule is O=C1C[C@H]2c3ccccc3[C@H]1[C@@H]1C(=O)N(c3ccc(Cl)c(F)c3)C(=O)[C@@H]12. The summed E-state index contributed by atoms with van der Waals surface area (Å²) in [5, 5.41) is -0.0760. The zero-order chi connectivity index (χ0) is 18.2. The van der Waals surface area contributed by atoms with Gasteiger partial charge in [-0.15, -0.1) is 0 Å². The lowest BCUT2D eigenvalue weighted by atomic mass is 9.56. The average Bonchev–Trinajstić information content (AvgIpc) is 2.90. The molecule has 2 bridgehead atoms. The molecule has 2 fully saturated rings. The van der Waals surface area contributed by atoms with E-state index in [0.717, 1.165) is 22.1 Å². The predicted octanol–water partition coefficient (Wildman–Crippen LogP) is 3.44. The van der Waals surface area contributed by atoms with Gasteiger partial charge in [-0.05, 0) is 29.3 Å². The summed E-state index contributed by atoms with van der Waals surface area (Å²) in [7, 11) is 0. The molecular weight excluding hydrogens is 357 g/mol. The van der Waals surface area contributed by atoms with Crippen LogP contribution in [0.3, 0.4) is 0 Å². The summed E-state index contributed by atoms with van der Waals surface area (Å²) in [5.74, 6) is -3.66. The van der Waals surface area contributed by atoms with Gasteiger partial charge in [0, 0.05) is 12.3 Å². The molecule has 6 heteroatoms. The quantitative estimate of drug-likeness (QED) is 0.723. The van der Waals surface area contributed by atoms with Gasteiger partial charge in [0.25, 0.3) is 0 Å². The Hall–Kier alpha value is -2.53. The Kier molecular flexibility index (Phi) is 3.16. The number of ketones is 1. The van der Waals surface area contributed by atoms with Gasteiger partial charge < -0.3 is 0 Å². The molecule has 0 unspecified atom stereocenters. The number of Topliss-reactive ketones (excluding diaryl/α,β-unsaturated/α-hetero) is 1. The molecule has 0 radical (unpaired) electrons. The number of carbonyl (C=O) groups is 3. The zero-order valence-corrected chi connectivity index (χ0v) is 14.2. The lowest BCUT2D eigenvalue weighted by Gasteiger charge is -2.43. The molecule has 1 heterocycles. The van der Waals surface area contributed by atoms with Crippen molar-refractivity contribution >= 4 is 34.9 Å². The standard InChI is InChI=1S/C20H13ClFNO3/c21-13-6-5-9(7-14(13)22)23-19(25)17-12-8-15(24)16(18(17)20(23)26)11-4-2-1-3-10(11)12/h1-7,12,16-18H,8H2/t12-,16+,17+,18-/m0/s1.